The van der Waals surface area contributed by atoms with Gasteiger partial charge in [-0.15, -0.1) is 0 Å². The molecule has 2 aliphatic heterocycles. The molecule has 1 fully saturated rings. The van der Waals surface area contributed by atoms with Gasteiger partial charge in [-0.3, -0.25) is 4.79 Å². The molecule has 2 aliphatic rings. The van der Waals surface area contributed by atoms with Gasteiger partial charge in [0.05, 0.1) is 10.2 Å². The average Bonchev–Trinajstić information content (AvgIpc) is 3.38. The number of ether oxygens (including phenoxy) is 3. The number of likely N-dealkylation sites (tertiary alicyclic amines) is 1. The van der Waals surface area contributed by atoms with Crippen LogP contribution in [0.25, 0.3) is 16.3 Å². The van der Waals surface area contributed by atoms with E-state index in [1.807, 2.05) is 53.4 Å². The van der Waals surface area contributed by atoms with Crippen molar-refractivity contribution in [3.8, 4) is 16.7 Å². The molecule has 5 rings (SSSR count). The summed E-state index contributed by atoms with van der Waals surface area (Å²) in [6.45, 7) is 1.61. The van der Waals surface area contributed by atoms with Gasteiger partial charge in [0.25, 0.3) is 5.19 Å². The number of carbonyl (C=O) groups excluding carboxylic acids is 1. The number of amides is 1. The lowest BCUT2D eigenvalue weighted by Gasteiger charge is -2.30. The average molecular weight is 408 g/mol. The summed E-state index contributed by atoms with van der Waals surface area (Å²) < 4.78 is 17.9. The summed E-state index contributed by atoms with van der Waals surface area (Å²) >= 11 is 1.57. The Bertz CT molecular complexity index is 1040. The smallest absolute Gasteiger partial charge is 0.274 e. The maximum absolute atomic E-state index is 12.5. The maximum atomic E-state index is 12.5. The van der Waals surface area contributed by atoms with Gasteiger partial charge >= 0.3 is 0 Å². The lowest BCUT2D eigenvalue weighted by molar-refractivity contribution is -0.127. The minimum atomic E-state index is 0.0149. The molecule has 2 aromatic carbocycles. The number of hydrogen-bond acceptors (Lipinski definition) is 6. The van der Waals surface area contributed by atoms with E-state index in [9.17, 15) is 4.79 Å². The van der Waals surface area contributed by atoms with Crippen molar-refractivity contribution in [3.05, 3.63) is 54.1 Å². The van der Waals surface area contributed by atoms with Gasteiger partial charge in [0.15, 0.2) is 11.5 Å². The fraction of sp³-hybridized carbons (Fsp3) is 0.273. The minimum Gasteiger partial charge on any atom is -0.467 e. The van der Waals surface area contributed by atoms with Gasteiger partial charge in [0.2, 0.25) is 12.7 Å². The minimum absolute atomic E-state index is 0.0149. The molecule has 1 saturated heterocycles. The van der Waals surface area contributed by atoms with Crippen molar-refractivity contribution in [1.29, 1.82) is 0 Å². The Labute approximate surface area is 172 Å². The predicted octanol–water partition coefficient (Wildman–Crippen LogP) is 4.11. The van der Waals surface area contributed by atoms with Crippen LogP contribution >= 0.6 is 11.3 Å². The summed E-state index contributed by atoms with van der Waals surface area (Å²) in [7, 11) is 0. The zero-order valence-corrected chi connectivity index (χ0v) is 16.6. The van der Waals surface area contributed by atoms with Gasteiger partial charge in [0.1, 0.15) is 6.10 Å². The van der Waals surface area contributed by atoms with Crippen molar-refractivity contribution in [2.45, 2.75) is 18.9 Å². The van der Waals surface area contributed by atoms with Crippen LogP contribution in [0.5, 0.6) is 16.7 Å². The lowest BCUT2D eigenvalue weighted by Crippen LogP contribution is -2.41. The Morgan fingerprint density at radius 3 is 2.83 bits per heavy atom. The van der Waals surface area contributed by atoms with Crippen molar-refractivity contribution >= 4 is 33.5 Å². The second kappa shape index (κ2) is 7.75. The number of piperidine rings is 1. The Kier molecular flexibility index (Phi) is 4.81. The van der Waals surface area contributed by atoms with E-state index in [1.54, 1.807) is 17.4 Å². The van der Waals surface area contributed by atoms with Crippen LogP contribution in [-0.2, 0) is 4.79 Å². The molecular weight excluding hydrogens is 388 g/mol. The Morgan fingerprint density at radius 1 is 1.14 bits per heavy atom. The van der Waals surface area contributed by atoms with E-state index in [-0.39, 0.29) is 18.8 Å². The number of thiazole rings is 1. The third-order valence-electron chi connectivity index (χ3n) is 5.11. The van der Waals surface area contributed by atoms with Crippen LogP contribution in [0.3, 0.4) is 0 Å². The van der Waals surface area contributed by atoms with Crippen LogP contribution in [-0.4, -0.2) is 41.8 Å². The van der Waals surface area contributed by atoms with E-state index in [1.165, 1.54) is 0 Å². The highest BCUT2D eigenvalue weighted by molar-refractivity contribution is 7.20. The van der Waals surface area contributed by atoms with Crippen LogP contribution in [0.1, 0.15) is 18.4 Å². The number of aromatic nitrogens is 1. The molecule has 29 heavy (non-hydrogen) atoms. The van der Waals surface area contributed by atoms with Gasteiger partial charge in [-0.05, 0) is 35.9 Å². The second-order valence-electron chi connectivity index (χ2n) is 7.04. The van der Waals surface area contributed by atoms with Gasteiger partial charge in [-0.1, -0.05) is 29.5 Å². The first-order valence-electron chi connectivity index (χ1n) is 9.63. The molecule has 0 N–H and O–H groups in total. The number of carbonyl (C=O) groups is 1. The highest BCUT2D eigenvalue weighted by Gasteiger charge is 2.23. The number of para-hydroxylation sites is 1. The normalized spacial score (nSPS) is 16.6. The predicted molar refractivity (Wildman–Crippen MR) is 111 cm³/mol. The molecule has 0 saturated carbocycles. The fourth-order valence-electron chi connectivity index (χ4n) is 3.53. The molecule has 3 aromatic rings. The van der Waals surface area contributed by atoms with Crippen LogP contribution in [0.4, 0.5) is 0 Å². The van der Waals surface area contributed by atoms with Crippen molar-refractivity contribution in [2.75, 3.05) is 19.9 Å². The number of nitrogens with zero attached hydrogens (tertiary/aromatic N) is 2. The molecule has 0 bridgehead atoms. The zero-order chi connectivity index (χ0) is 19.6. The molecule has 0 unspecified atom stereocenters. The monoisotopic (exact) mass is 408 g/mol. The van der Waals surface area contributed by atoms with E-state index in [0.717, 1.165) is 34.4 Å². The molecule has 0 spiro atoms. The van der Waals surface area contributed by atoms with Crippen molar-refractivity contribution in [2.24, 2.45) is 0 Å². The topological polar surface area (TPSA) is 60.9 Å². The molecule has 7 heteroatoms. The van der Waals surface area contributed by atoms with Crippen molar-refractivity contribution in [1.82, 2.24) is 9.88 Å². The molecule has 0 aliphatic carbocycles. The Hall–Kier alpha value is -3.06. The van der Waals surface area contributed by atoms with Gasteiger partial charge in [0, 0.05) is 32.0 Å². The van der Waals surface area contributed by atoms with Crippen molar-refractivity contribution in [3.63, 3.8) is 0 Å². The molecule has 1 aromatic heterocycles. The van der Waals surface area contributed by atoms with E-state index >= 15 is 0 Å². The summed E-state index contributed by atoms with van der Waals surface area (Å²) in [6, 6.07) is 13.7. The lowest BCUT2D eigenvalue weighted by atomic mass is 10.1. The van der Waals surface area contributed by atoms with E-state index < -0.39 is 0 Å². The van der Waals surface area contributed by atoms with Gasteiger partial charge < -0.3 is 19.1 Å². The SMILES string of the molecule is O=C(/C=C/c1ccc2c(c1)OCO2)N1CCC(Oc2nc3ccccc3s2)CC1. The first-order chi connectivity index (χ1) is 14.2. The summed E-state index contributed by atoms with van der Waals surface area (Å²) in [5.74, 6) is 1.47. The molecule has 1 amide bonds. The fourth-order valence-corrected chi connectivity index (χ4v) is 4.41. The summed E-state index contributed by atoms with van der Waals surface area (Å²) in [4.78, 5) is 18.9. The summed E-state index contributed by atoms with van der Waals surface area (Å²) in [6.07, 6.45) is 5.14. The maximum Gasteiger partial charge on any atom is 0.274 e. The van der Waals surface area contributed by atoms with Crippen molar-refractivity contribution < 1.29 is 19.0 Å². The third kappa shape index (κ3) is 3.91. The highest BCUT2D eigenvalue weighted by Crippen LogP contribution is 2.33. The van der Waals surface area contributed by atoms with E-state index in [0.29, 0.717) is 24.0 Å². The number of fused-ring (bicyclic) bond motifs is 2. The number of rotatable bonds is 4. The Balaban J connectivity index is 1.15. The quantitative estimate of drug-likeness (QED) is 0.608. The number of hydrogen-bond donors (Lipinski definition) is 0. The van der Waals surface area contributed by atoms with Crippen LogP contribution in [0.2, 0.25) is 0 Å². The standard InChI is InChI=1S/C22H20N2O4S/c25-21(8-6-15-5-7-18-19(13-15)27-14-26-18)24-11-9-16(10-12-24)28-22-23-17-3-1-2-4-20(17)29-22/h1-8,13,16H,9-12,14H2/b8-6+. The zero-order valence-electron chi connectivity index (χ0n) is 15.7. The van der Waals surface area contributed by atoms with E-state index in [4.69, 9.17) is 14.2 Å². The van der Waals surface area contributed by atoms with Gasteiger partial charge in [-0.25, -0.2) is 4.98 Å². The van der Waals surface area contributed by atoms with Crippen LogP contribution in [0.15, 0.2) is 48.5 Å². The third-order valence-corrected chi connectivity index (χ3v) is 6.04. The van der Waals surface area contributed by atoms with Crippen LogP contribution in [0, 0.1) is 0 Å². The second-order valence-corrected chi connectivity index (χ2v) is 8.03. The summed E-state index contributed by atoms with van der Waals surface area (Å²) in [5.41, 5.74) is 1.88. The molecule has 6 nitrogen and oxygen atoms in total. The molecule has 0 atom stereocenters. The highest BCUT2D eigenvalue weighted by atomic mass is 32.1. The molecule has 3 heterocycles. The first kappa shape index (κ1) is 18.0. The van der Waals surface area contributed by atoms with Crippen LogP contribution < -0.4 is 14.2 Å². The van der Waals surface area contributed by atoms with E-state index in [2.05, 4.69) is 4.98 Å². The Morgan fingerprint density at radius 2 is 1.97 bits per heavy atom. The molecule has 148 valence electrons. The summed E-state index contributed by atoms with van der Waals surface area (Å²) in [5, 5.41) is 0.707. The first-order valence-corrected chi connectivity index (χ1v) is 10.5. The molecule has 0 radical (unpaired) electrons. The van der Waals surface area contributed by atoms with Gasteiger partial charge in [-0.2, -0.15) is 0 Å². The molecular formula is C22H20N2O4S. The largest absolute Gasteiger partial charge is 0.467 e. The number of benzene rings is 2.